The molecule has 1 aromatic carbocycles. The number of halogens is 1. The number of ether oxygens (including phenoxy) is 1. The van der Waals surface area contributed by atoms with Crippen molar-refractivity contribution in [2.45, 2.75) is 52.2 Å². The molecule has 1 fully saturated rings. The normalized spacial score (nSPS) is 14.9. The van der Waals surface area contributed by atoms with E-state index in [1.165, 1.54) is 19.3 Å². The van der Waals surface area contributed by atoms with Gasteiger partial charge in [-0.05, 0) is 57.7 Å². The minimum atomic E-state index is -0.318. The van der Waals surface area contributed by atoms with Gasteiger partial charge in [0.05, 0.1) is 17.3 Å². The van der Waals surface area contributed by atoms with Gasteiger partial charge >= 0.3 is 0 Å². The number of benzene rings is 1. The van der Waals surface area contributed by atoms with Crippen molar-refractivity contribution in [1.82, 2.24) is 0 Å². The van der Waals surface area contributed by atoms with Gasteiger partial charge in [-0.3, -0.25) is 4.79 Å². The number of hydrogen-bond donors (Lipinski definition) is 1. The van der Waals surface area contributed by atoms with Crippen LogP contribution in [0.1, 0.15) is 45.6 Å². The molecule has 0 aromatic heterocycles. The fraction of sp³-hybridized carbons (Fsp3) is 0.588. The monoisotopic (exact) mass is 327 g/mol. The highest BCUT2D eigenvalue weighted by atomic mass is 35.5. The molecular weight excluding hydrogens is 302 g/mol. The lowest BCUT2D eigenvalue weighted by Crippen LogP contribution is -2.29. The van der Waals surface area contributed by atoms with E-state index in [0.29, 0.717) is 6.47 Å². The summed E-state index contributed by atoms with van der Waals surface area (Å²) in [5.41, 5.74) is 1.66. The average molecular weight is 328 g/mol. The SMILES string of the molecule is CC(C)(C)OC=O.OCc1ccc(N2CCCCC2)c(Cl)c1. The smallest absolute Gasteiger partial charge is 0.293 e. The standard InChI is InChI=1S/C12H16ClNO.C5H10O2/c13-11-8-10(9-15)4-5-12(11)14-6-2-1-3-7-14;1-5(2,3)7-4-6/h4-5,8,15H,1-3,6-7,9H2;4H,1-3H3. The summed E-state index contributed by atoms with van der Waals surface area (Å²) in [6, 6.07) is 5.81. The molecule has 1 aromatic rings. The highest BCUT2D eigenvalue weighted by molar-refractivity contribution is 6.33. The molecule has 0 aliphatic carbocycles. The molecular formula is C17H26ClNO3. The van der Waals surface area contributed by atoms with Gasteiger partial charge in [0.2, 0.25) is 0 Å². The summed E-state index contributed by atoms with van der Waals surface area (Å²) in [4.78, 5) is 11.9. The molecule has 1 saturated heterocycles. The Morgan fingerprint density at radius 1 is 1.27 bits per heavy atom. The van der Waals surface area contributed by atoms with Crippen LogP contribution in [0.25, 0.3) is 0 Å². The van der Waals surface area contributed by atoms with Crippen LogP contribution in [-0.4, -0.2) is 30.3 Å². The molecule has 0 spiro atoms. The van der Waals surface area contributed by atoms with Crippen LogP contribution in [0.3, 0.4) is 0 Å². The first-order valence-corrected chi connectivity index (χ1v) is 8.01. The van der Waals surface area contributed by atoms with E-state index >= 15 is 0 Å². The van der Waals surface area contributed by atoms with Crippen LogP contribution in [0.15, 0.2) is 18.2 Å². The van der Waals surface area contributed by atoms with Gasteiger partial charge in [0.25, 0.3) is 6.47 Å². The number of hydrogen-bond acceptors (Lipinski definition) is 4. The number of anilines is 1. The van der Waals surface area contributed by atoms with Crippen molar-refractivity contribution in [2.24, 2.45) is 0 Å². The molecule has 2 rings (SSSR count). The third-order valence-corrected chi connectivity index (χ3v) is 3.60. The van der Waals surface area contributed by atoms with E-state index in [4.69, 9.17) is 16.7 Å². The number of aliphatic hydroxyl groups is 1. The lowest BCUT2D eigenvalue weighted by Gasteiger charge is -2.29. The van der Waals surface area contributed by atoms with E-state index in [2.05, 4.69) is 9.64 Å². The van der Waals surface area contributed by atoms with Crippen molar-refractivity contribution in [3.05, 3.63) is 28.8 Å². The molecule has 0 unspecified atom stereocenters. The first-order chi connectivity index (χ1) is 10.4. The van der Waals surface area contributed by atoms with Crippen molar-refractivity contribution in [3.8, 4) is 0 Å². The van der Waals surface area contributed by atoms with Crippen LogP contribution in [0, 0.1) is 0 Å². The summed E-state index contributed by atoms with van der Waals surface area (Å²) in [7, 11) is 0. The maximum Gasteiger partial charge on any atom is 0.293 e. The first-order valence-electron chi connectivity index (χ1n) is 7.63. The summed E-state index contributed by atoms with van der Waals surface area (Å²) in [5.74, 6) is 0. The summed E-state index contributed by atoms with van der Waals surface area (Å²) in [6.07, 6.45) is 3.82. The molecule has 1 heterocycles. The molecule has 124 valence electrons. The summed E-state index contributed by atoms with van der Waals surface area (Å²) >= 11 is 6.19. The van der Waals surface area contributed by atoms with Crippen molar-refractivity contribution < 1.29 is 14.6 Å². The highest BCUT2D eigenvalue weighted by Gasteiger charge is 2.13. The number of carbonyl (C=O) groups excluding carboxylic acids is 1. The van der Waals surface area contributed by atoms with E-state index in [9.17, 15) is 4.79 Å². The molecule has 0 amide bonds. The Bertz CT molecular complexity index is 465. The average Bonchev–Trinajstić information content (AvgIpc) is 2.47. The lowest BCUT2D eigenvalue weighted by atomic mass is 10.1. The van der Waals surface area contributed by atoms with Crippen molar-refractivity contribution in [3.63, 3.8) is 0 Å². The Labute approximate surface area is 138 Å². The van der Waals surface area contributed by atoms with Gasteiger partial charge in [-0.1, -0.05) is 17.7 Å². The van der Waals surface area contributed by atoms with Crippen LogP contribution in [0.4, 0.5) is 5.69 Å². The number of aliphatic hydroxyl groups excluding tert-OH is 1. The van der Waals surface area contributed by atoms with E-state index in [0.717, 1.165) is 29.4 Å². The lowest BCUT2D eigenvalue weighted by molar-refractivity contribution is -0.138. The fourth-order valence-electron chi connectivity index (χ4n) is 2.18. The zero-order valence-corrected chi connectivity index (χ0v) is 14.4. The topological polar surface area (TPSA) is 49.8 Å². The van der Waals surface area contributed by atoms with Gasteiger partial charge in [-0.15, -0.1) is 0 Å². The molecule has 0 bridgehead atoms. The van der Waals surface area contributed by atoms with Gasteiger partial charge in [-0.25, -0.2) is 0 Å². The van der Waals surface area contributed by atoms with Gasteiger partial charge in [0.1, 0.15) is 5.60 Å². The third-order valence-electron chi connectivity index (χ3n) is 3.29. The first kappa shape index (κ1) is 18.8. The molecule has 5 heteroatoms. The minimum absolute atomic E-state index is 0.0556. The van der Waals surface area contributed by atoms with Crippen molar-refractivity contribution in [2.75, 3.05) is 18.0 Å². The van der Waals surface area contributed by atoms with Crippen LogP contribution in [0.5, 0.6) is 0 Å². The molecule has 0 radical (unpaired) electrons. The number of carbonyl (C=O) groups is 1. The summed E-state index contributed by atoms with van der Waals surface area (Å²) in [5, 5.41) is 9.74. The zero-order chi connectivity index (χ0) is 16.6. The van der Waals surface area contributed by atoms with E-state index in [-0.39, 0.29) is 12.2 Å². The van der Waals surface area contributed by atoms with Crippen molar-refractivity contribution in [1.29, 1.82) is 0 Å². The highest BCUT2D eigenvalue weighted by Crippen LogP contribution is 2.29. The van der Waals surface area contributed by atoms with Crippen molar-refractivity contribution >= 4 is 23.8 Å². The maximum absolute atomic E-state index is 9.60. The predicted molar refractivity (Wildman–Crippen MR) is 90.3 cm³/mol. The fourth-order valence-corrected chi connectivity index (χ4v) is 2.51. The second-order valence-corrected chi connectivity index (χ2v) is 6.73. The zero-order valence-electron chi connectivity index (χ0n) is 13.6. The Balaban J connectivity index is 0.000000295. The van der Waals surface area contributed by atoms with E-state index < -0.39 is 0 Å². The van der Waals surface area contributed by atoms with Crippen LogP contribution >= 0.6 is 11.6 Å². The van der Waals surface area contributed by atoms with Crippen LogP contribution < -0.4 is 4.90 Å². The Hall–Kier alpha value is -1.26. The van der Waals surface area contributed by atoms with Crippen LogP contribution in [-0.2, 0) is 16.1 Å². The Morgan fingerprint density at radius 3 is 2.32 bits per heavy atom. The Kier molecular flexibility index (Phi) is 7.69. The molecule has 0 saturated carbocycles. The van der Waals surface area contributed by atoms with Crippen LogP contribution in [0.2, 0.25) is 5.02 Å². The third kappa shape index (κ3) is 6.67. The summed E-state index contributed by atoms with van der Waals surface area (Å²) < 4.78 is 4.55. The molecule has 0 atom stereocenters. The van der Waals surface area contributed by atoms with Gasteiger partial charge in [0.15, 0.2) is 0 Å². The van der Waals surface area contributed by atoms with E-state index in [1.54, 1.807) is 0 Å². The minimum Gasteiger partial charge on any atom is -0.462 e. The molecule has 1 aliphatic heterocycles. The summed E-state index contributed by atoms with van der Waals surface area (Å²) in [6.45, 7) is 8.17. The molecule has 22 heavy (non-hydrogen) atoms. The predicted octanol–water partition coefficient (Wildman–Crippen LogP) is 3.78. The second-order valence-electron chi connectivity index (χ2n) is 6.32. The molecule has 4 nitrogen and oxygen atoms in total. The molecule has 1 N–H and O–H groups in total. The largest absolute Gasteiger partial charge is 0.462 e. The number of piperidine rings is 1. The quantitative estimate of drug-likeness (QED) is 0.858. The maximum atomic E-state index is 9.60. The Morgan fingerprint density at radius 2 is 1.91 bits per heavy atom. The second kappa shape index (κ2) is 9.01. The van der Waals surface area contributed by atoms with Gasteiger partial charge < -0.3 is 14.7 Å². The number of rotatable bonds is 3. The van der Waals surface area contributed by atoms with E-state index in [1.807, 2.05) is 39.0 Å². The number of nitrogens with zero attached hydrogens (tertiary/aromatic N) is 1. The molecule has 1 aliphatic rings. The van der Waals surface area contributed by atoms with Gasteiger partial charge in [-0.2, -0.15) is 0 Å². The van der Waals surface area contributed by atoms with Gasteiger partial charge in [0, 0.05) is 13.1 Å².